The van der Waals surface area contributed by atoms with E-state index in [1.54, 1.807) is 6.20 Å². The molecule has 158 valence electrons. The number of nitrogens with two attached hydrogens (primary N) is 1. The van der Waals surface area contributed by atoms with Crippen LogP contribution < -0.4 is 21.5 Å². The molecule has 0 fully saturated rings. The lowest BCUT2D eigenvalue weighted by molar-refractivity contribution is -0.910. The number of aromatic nitrogens is 5. The van der Waals surface area contributed by atoms with E-state index in [9.17, 15) is 4.79 Å². The van der Waals surface area contributed by atoms with Gasteiger partial charge in [-0.1, -0.05) is 41.6 Å². The maximum absolute atomic E-state index is 12.7. The van der Waals surface area contributed by atoms with E-state index in [4.69, 9.17) is 5.73 Å². The van der Waals surface area contributed by atoms with Gasteiger partial charge in [-0.25, -0.2) is 4.63 Å². The Morgan fingerprint density at radius 3 is 2.67 bits per heavy atom. The molecule has 0 unspecified atom stereocenters. The molecule has 3 rings (SSSR count). The number of hydrazine groups is 1. The van der Waals surface area contributed by atoms with Crippen molar-refractivity contribution in [1.29, 1.82) is 0 Å². The van der Waals surface area contributed by atoms with Crippen LogP contribution in [0, 0.1) is 0 Å². The highest BCUT2D eigenvalue weighted by Crippen LogP contribution is 2.15. The van der Waals surface area contributed by atoms with Crippen molar-refractivity contribution in [3.63, 3.8) is 0 Å². The molecule has 1 amide bonds. The monoisotopic (exact) mass is 412 g/mol. The number of carbonyl (C=O) groups is 1. The van der Waals surface area contributed by atoms with Gasteiger partial charge in [0.1, 0.15) is 12.2 Å². The van der Waals surface area contributed by atoms with E-state index in [-0.39, 0.29) is 17.3 Å². The first-order valence-corrected chi connectivity index (χ1v) is 9.75. The molecule has 3 aromatic rings. The fourth-order valence-corrected chi connectivity index (χ4v) is 2.92. The van der Waals surface area contributed by atoms with Crippen molar-refractivity contribution in [3.05, 3.63) is 59.6 Å². The fourth-order valence-electron chi connectivity index (χ4n) is 2.92. The van der Waals surface area contributed by atoms with Gasteiger partial charge in [-0.3, -0.25) is 10.2 Å². The predicted molar refractivity (Wildman–Crippen MR) is 109 cm³/mol. The van der Waals surface area contributed by atoms with Gasteiger partial charge >= 0.3 is 0 Å². The summed E-state index contributed by atoms with van der Waals surface area (Å²) in [6.07, 6.45) is 4.33. The van der Waals surface area contributed by atoms with Gasteiger partial charge in [0, 0.05) is 6.20 Å². The maximum atomic E-state index is 12.7. The standard InChI is InChI=1S/C19H25N9O2/c1-3-27(4-2)13-15-16(22-26-28(15)18-17(20)24-30-25-18)19(29)23-21-12-8-11-14-9-6-5-7-10-14/h5-10,12,21H,3-4,11,13H2,1-2H3,(H2,20,24)(H,23,29)/p+1. The van der Waals surface area contributed by atoms with Crippen molar-refractivity contribution < 1.29 is 14.3 Å². The minimum atomic E-state index is -0.415. The summed E-state index contributed by atoms with van der Waals surface area (Å²) >= 11 is 0. The van der Waals surface area contributed by atoms with E-state index >= 15 is 0 Å². The van der Waals surface area contributed by atoms with E-state index < -0.39 is 5.91 Å². The molecule has 0 aliphatic heterocycles. The average molecular weight is 412 g/mol. The summed E-state index contributed by atoms with van der Waals surface area (Å²) < 4.78 is 6.07. The number of rotatable bonds is 10. The highest BCUT2D eigenvalue weighted by Gasteiger charge is 2.26. The summed E-state index contributed by atoms with van der Waals surface area (Å²) in [5.74, 6) is -0.134. The van der Waals surface area contributed by atoms with Gasteiger partial charge in [0.05, 0.1) is 13.1 Å². The Labute approximate surface area is 173 Å². The number of quaternary nitrogens is 1. The van der Waals surface area contributed by atoms with Crippen molar-refractivity contribution in [1.82, 2.24) is 36.2 Å². The molecule has 11 heteroatoms. The molecule has 1 aromatic carbocycles. The summed E-state index contributed by atoms with van der Waals surface area (Å²) in [6.45, 7) is 6.39. The number of allylic oxidation sites excluding steroid dienone is 1. The van der Waals surface area contributed by atoms with Gasteiger partial charge in [0.2, 0.25) is 11.6 Å². The lowest BCUT2D eigenvalue weighted by atomic mass is 10.1. The van der Waals surface area contributed by atoms with Crippen LogP contribution in [0.15, 0.2) is 47.2 Å². The average Bonchev–Trinajstić information content (AvgIpc) is 3.37. The summed E-state index contributed by atoms with van der Waals surface area (Å²) in [5, 5.41) is 15.4. The van der Waals surface area contributed by atoms with Gasteiger partial charge in [-0.15, -0.1) is 5.10 Å². The molecule has 0 saturated heterocycles. The number of hydrogen-bond donors (Lipinski definition) is 4. The first-order valence-electron chi connectivity index (χ1n) is 9.75. The minimum absolute atomic E-state index is 0.0737. The number of nitrogen functional groups attached to an aromatic ring is 1. The Morgan fingerprint density at radius 2 is 2.00 bits per heavy atom. The quantitative estimate of drug-likeness (QED) is 0.331. The Balaban J connectivity index is 1.71. The highest BCUT2D eigenvalue weighted by molar-refractivity contribution is 5.93. The molecule has 0 bridgehead atoms. The Hall–Kier alpha value is -3.73. The lowest BCUT2D eigenvalue weighted by Crippen LogP contribution is -3.10. The third-order valence-electron chi connectivity index (χ3n) is 4.68. The lowest BCUT2D eigenvalue weighted by Gasteiger charge is -2.16. The van der Waals surface area contributed by atoms with Gasteiger partial charge in [-0.05, 0) is 36.1 Å². The Morgan fingerprint density at radius 1 is 1.23 bits per heavy atom. The molecular formula is C19H26N9O2+. The van der Waals surface area contributed by atoms with Crippen molar-refractivity contribution in [2.24, 2.45) is 0 Å². The zero-order valence-electron chi connectivity index (χ0n) is 17.0. The molecule has 0 aliphatic carbocycles. The van der Waals surface area contributed by atoms with Gasteiger partial charge in [0.15, 0.2) is 5.69 Å². The summed E-state index contributed by atoms with van der Waals surface area (Å²) in [6, 6.07) is 10.0. The van der Waals surface area contributed by atoms with Gasteiger partial charge in [-0.2, -0.15) is 4.68 Å². The van der Waals surface area contributed by atoms with Crippen molar-refractivity contribution in [2.45, 2.75) is 26.8 Å². The largest absolute Gasteiger partial charge is 0.378 e. The molecule has 0 atom stereocenters. The maximum Gasteiger partial charge on any atom is 0.292 e. The Bertz CT molecular complexity index is 977. The molecule has 0 aliphatic rings. The molecule has 0 saturated carbocycles. The van der Waals surface area contributed by atoms with Crippen molar-refractivity contribution in [2.75, 3.05) is 18.8 Å². The number of nitrogens with one attached hydrogen (secondary N) is 3. The molecule has 11 nitrogen and oxygen atoms in total. The molecule has 0 spiro atoms. The molecule has 2 heterocycles. The van der Waals surface area contributed by atoms with Crippen LogP contribution in [0.25, 0.3) is 5.82 Å². The van der Waals surface area contributed by atoms with Crippen LogP contribution >= 0.6 is 0 Å². The molecule has 2 aromatic heterocycles. The first kappa shape index (κ1) is 21.0. The van der Waals surface area contributed by atoms with Gasteiger partial charge in [0.25, 0.3) is 5.91 Å². The molecule has 30 heavy (non-hydrogen) atoms. The molecule has 5 N–H and O–H groups in total. The highest BCUT2D eigenvalue weighted by atomic mass is 16.6. The first-order chi connectivity index (χ1) is 14.6. The SMILES string of the molecule is CC[NH+](CC)Cc1c(C(=O)NNC=CCc2ccccc2)nnn1-c1nonc1N. The predicted octanol–water partition coefficient (Wildman–Crippen LogP) is -0.352. The number of anilines is 1. The third-order valence-corrected chi connectivity index (χ3v) is 4.68. The summed E-state index contributed by atoms with van der Waals surface area (Å²) in [5.41, 5.74) is 13.1. The summed E-state index contributed by atoms with van der Waals surface area (Å²) in [7, 11) is 0. The van der Waals surface area contributed by atoms with E-state index in [0.717, 1.165) is 19.5 Å². The zero-order chi connectivity index (χ0) is 21.3. The number of carbonyl (C=O) groups excluding carboxylic acids is 1. The molecule has 0 radical (unpaired) electrons. The van der Waals surface area contributed by atoms with Crippen LogP contribution in [-0.4, -0.2) is 44.3 Å². The fraction of sp³-hybridized carbons (Fsp3) is 0.316. The van der Waals surface area contributed by atoms with E-state index in [0.29, 0.717) is 12.2 Å². The van der Waals surface area contributed by atoms with Crippen molar-refractivity contribution in [3.8, 4) is 5.82 Å². The smallest absolute Gasteiger partial charge is 0.292 e. The second kappa shape index (κ2) is 10.2. The number of nitrogens with zero attached hydrogens (tertiary/aromatic N) is 5. The van der Waals surface area contributed by atoms with Crippen LogP contribution in [-0.2, 0) is 13.0 Å². The van der Waals surface area contributed by atoms with Crippen molar-refractivity contribution >= 4 is 11.7 Å². The summed E-state index contributed by atoms with van der Waals surface area (Å²) in [4.78, 5) is 13.9. The second-order valence-electron chi connectivity index (χ2n) is 6.59. The van der Waals surface area contributed by atoms with Gasteiger partial charge < -0.3 is 16.1 Å². The normalized spacial score (nSPS) is 11.3. The number of benzene rings is 1. The Kier molecular flexibility index (Phi) is 7.11. The molecular weight excluding hydrogens is 386 g/mol. The van der Waals surface area contributed by atoms with E-state index in [2.05, 4.69) is 50.0 Å². The van der Waals surface area contributed by atoms with E-state index in [1.807, 2.05) is 36.4 Å². The van der Waals surface area contributed by atoms with Crippen LogP contribution in [0.5, 0.6) is 0 Å². The second-order valence-corrected chi connectivity index (χ2v) is 6.59. The number of hydrogen-bond acceptors (Lipinski definition) is 8. The minimum Gasteiger partial charge on any atom is -0.378 e. The topological polar surface area (TPSA) is 141 Å². The van der Waals surface area contributed by atoms with Crippen LogP contribution in [0.3, 0.4) is 0 Å². The van der Waals surface area contributed by atoms with Crippen LogP contribution in [0.2, 0.25) is 0 Å². The zero-order valence-corrected chi connectivity index (χ0v) is 17.0. The van der Waals surface area contributed by atoms with Crippen LogP contribution in [0.4, 0.5) is 5.82 Å². The third kappa shape index (κ3) is 5.00. The van der Waals surface area contributed by atoms with Crippen LogP contribution in [0.1, 0.15) is 35.6 Å². The van der Waals surface area contributed by atoms with E-state index in [1.165, 1.54) is 15.1 Å². The number of amides is 1.